The Balaban J connectivity index is 2.11. The highest BCUT2D eigenvalue weighted by Gasteiger charge is 2.19. The van der Waals surface area contributed by atoms with Gasteiger partial charge in [0, 0.05) is 18.2 Å². The highest BCUT2D eigenvalue weighted by molar-refractivity contribution is 5.57. The molecule has 0 atom stereocenters. The lowest BCUT2D eigenvalue weighted by Gasteiger charge is -2.30. The van der Waals surface area contributed by atoms with Crippen molar-refractivity contribution in [1.29, 1.82) is 0 Å². The van der Waals surface area contributed by atoms with E-state index in [4.69, 9.17) is 0 Å². The van der Waals surface area contributed by atoms with Gasteiger partial charge in [0.05, 0.1) is 0 Å². The maximum Gasteiger partial charge on any atom is 0.134 e. The first-order valence-corrected chi connectivity index (χ1v) is 7.77. The highest BCUT2D eigenvalue weighted by Crippen LogP contribution is 2.24. The third kappa shape index (κ3) is 3.82. The minimum absolute atomic E-state index is 0.534. The van der Waals surface area contributed by atoms with Gasteiger partial charge < -0.3 is 15.5 Å². The van der Waals surface area contributed by atoms with Crippen LogP contribution in [0.2, 0.25) is 0 Å². The molecule has 0 unspecified atom stereocenters. The number of likely N-dealkylation sites (tertiary alicyclic amines) is 1. The average molecular weight is 277 g/mol. The summed E-state index contributed by atoms with van der Waals surface area (Å²) in [5.41, 5.74) is 1.23. The molecule has 0 aromatic carbocycles. The van der Waals surface area contributed by atoms with E-state index in [0.29, 0.717) is 6.04 Å². The predicted molar refractivity (Wildman–Crippen MR) is 84.3 cm³/mol. The first kappa shape index (κ1) is 15.0. The molecule has 0 bridgehead atoms. The monoisotopic (exact) mass is 277 g/mol. The van der Waals surface area contributed by atoms with Gasteiger partial charge in [-0.25, -0.2) is 9.97 Å². The van der Waals surface area contributed by atoms with Gasteiger partial charge in [-0.05, 0) is 46.3 Å². The molecule has 1 aliphatic rings. The number of nitrogens with zero attached hydrogens (tertiary/aromatic N) is 3. The summed E-state index contributed by atoms with van der Waals surface area (Å²) in [5.74, 6) is 2.01. The summed E-state index contributed by atoms with van der Waals surface area (Å²) in [4.78, 5) is 11.2. The molecule has 0 spiro atoms. The Labute approximate surface area is 122 Å². The second-order valence-electron chi connectivity index (χ2n) is 5.55. The van der Waals surface area contributed by atoms with Gasteiger partial charge in [-0.15, -0.1) is 0 Å². The lowest BCUT2D eigenvalue weighted by molar-refractivity contribution is 0.263. The van der Waals surface area contributed by atoms with Crippen molar-refractivity contribution in [1.82, 2.24) is 14.9 Å². The van der Waals surface area contributed by atoms with Gasteiger partial charge in [0.1, 0.15) is 18.0 Å². The van der Waals surface area contributed by atoms with E-state index in [1.54, 1.807) is 6.33 Å². The minimum atomic E-state index is 0.534. The van der Waals surface area contributed by atoms with Crippen molar-refractivity contribution in [2.45, 2.75) is 45.6 Å². The van der Waals surface area contributed by atoms with Crippen LogP contribution < -0.4 is 10.6 Å². The molecule has 1 fully saturated rings. The Hall–Kier alpha value is -1.36. The van der Waals surface area contributed by atoms with Crippen LogP contribution in [0.4, 0.5) is 11.6 Å². The predicted octanol–water partition coefficient (Wildman–Crippen LogP) is 2.37. The third-order valence-electron chi connectivity index (χ3n) is 3.85. The van der Waals surface area contributed by atoms with Gasteiger partial charge in [0.25, 0.3) is 0 Å². The minimum Gasteiger partial charge on any atom is -0.370 e. The number of aromatic nitrogens is 2. The second-order valence-corrected chi connectivity index (χ2v) is 5.55. The molecule has 0 saturated carbocycles. The van der Waals surface area contributed by atoms with E-state index < -0.39 is 0 Å². The molecule has 1 aromatic heterocycles. The van der Waals surface area contributed by atoms with Crippen molar-refractivity contribution in [3.63, 3.8) is 0 Å². The maximum absolute atomic E-state index is 4.48. The van der Waals surface area contributed by atoms with Gasteiger partial charge in [-0.2, -0.15) is 0 Å². The fraction of sp³-hybridized carbons (Fsp3) is 0.733. The number of rotatable bonds is 6. The van der Waals surface area contributed by atoms with E-state index in [1.165, 1.54) is 18.4 Å². The number of piperidine rings is 1. The van der Waals surface area contributed by atoms with Crippen molar-refractivity contribution >= 4 is 11.6 Å². The van der Waals surface area contributed by atoms with Gasteiger partial charge in [-0.3, -0.25) is 0 Å². The van der Waals surface area contributed by atoms with Crippen LogP contribution in [0.3, 0.4) is 0 Å². The molecule has 1 aromatic rings. The van der Waals surface area contributed by atoms with Crippen LogP contribution in [0.1, 0.15) is 38.7 Å². The Morgan fingerprint density at radius 2 is 1.90 bits per heavy atom. The fourth-order valence-electron chi connectivity index (χ4n) is 2.69. The molecule has 0 radical (unpaired) electrons. The summed E-state index contributed by atoms with van der Waals surface area (Å²) in [7, 11) is 2.19. The molecule has 20 heavy (non-hydrogen) atoms. The molecule has 2 rings (SSSR count). The first-order chi connectivity index (χ1) is 9.74. The van der Waals surface area contributed by atoms with Crippen LogP contribution in [-0.2, 0) is 6.42 Å². The van der Waals surface area contributed by atoms with Crippen LogP contribution in [-0.4, -0.2) is 47.6 Å². The van der Waals surface area contributed by atoms with Crippen molar-refractivity contribution in [3.8, 4) is 0 Å². The van der Waals surface area contributed by atoms with Crippen LogP contribution in [0, 0.1) is 0 Å². The molecule has 1 aliphatic heterocycles. The molecule has 0 amide bonds. The molecule has 2 heterocycles. The van der Waals surface area contributed by atoms with Gasteiger partial charge in [0.15, 0.2) is 0 Å². The van der Waals surface area contributed by atoms with E-state index >= 15 is 0 Å². The quantitative estimate of drug-likeness (QED) is 0.836. The zero-order valence-corrected chi connectivity index (χ0v) is 12.9. The van der Waals surface area contributed by atoms with Crippen LogP contribution in [0.15, 0.2) is 6.33 Å². The Kier molecular flexibility index (Phi) is 5.59. The number of hydrogen-bond acceptors (Lipinski definition) is 5. The largest absolute Gasteiger partial charge is 0.370 e. The van der Waals surface area contributed by atoms with Crippen molar-refractivity contribution in [3.05, 3.63) is 11.9 Å². The van der Waals surface area contributed by atoms with Gasteiger partial charge in [0.2, 0.25) is 0 Å². The number of hydrogen-bond donors (Lipinski definition) is 2. The molecular weight excluding hydrogens is 250 g/mol. The molecule has 2 N–H and O–H groups in total. The Morgan fingerprint density at radius 3 is 2.55 bits per heavy atom. The number of nitrogens with one attached hydrogen (secondary N) is 2. The SMILES string of the molecule is CCCc1c(NCC)ncnc1NC1CCN(C)CC1. The van der Waals surface area contributed by atoms with E-state index in [9.17, 15) is 0 Å². The van der Waals surface area contributed by atoms with Crippen LogP contribution in [0.5, 0.6) is 0 Å². The molecule has 5 heteroatoms. The third-order valence-corrected chi connectivity index (χ3v) is 3.85. The molecule has 5 nitrogen and oxygen atoms in total. The lowest BCUT2D eigenvalue weighted by Crippen LogP contribution is -2.37. The van der Waals surface area contributed by atoms with Gasteiger partial charge >= 0.3 is 0 Å². The first-order valence-electron chi connectivity index (χ1n) is 7.77. The Bertz CT molecular complexity index is 413. The highest BCUT2D eigenvalue weighted by atomic mass is 15.1. The summed E-state index contributed by atoms with van der Waals surface area (Å²) in [6, 6.07) is 0.534. The van der Waals surface area contributed by atoms with Gasteiger partial charge in [-0.1, -0.05) is 13.3 Å². The maximum atomic E-state index is 4.48. The molecule has 1 saturated heterocycles. The normalized spacial score (nSPS) is 17.1. The average Bonchev–Trinajstić information content (AvgIpc) is 2.45. The number of anilines is 2. The summed E-state index contributed by atoms with van der Waals surface area (Å²) in [5, 5.41) is 6.98. The topological polar surface area (TPSA) is 53.1 Å². The van der Waals surface area contributed by atoms with E-state index in [2.05, 4.69) is 46.4 Å². The summed E-state index contributed by atoms with van der Waals surface area (Å²) >= 11 is 0. The smallest absolute Gasteiger partial charge is 0.134 e. The summed E-state index contributed by atoms with van der Waals surface area (Å²) in [6.45, 7) is 7.50. The van der Waals surface area contributed by atoms with E-state index in [-0.39, 0.29) is 0 Å². The molecular formula is C15H27N5. The molecule has 0 aliphatic carbocycles. The fourth-order valence-corrected chi connectivity index (χ4v) is 2.69. The Morgan fingerprint density at radius 1 is 1.20 bits per heavy atom. The van der Waals surface area contributed by atoms with Crippen LogP contribution in [0.25, 0.3) is 0 Å². The molecule has 112 valence electrons. The van der Waals surface area contributed by atoms with E-state index in [0.717, 1.165) is 44.1 Å². The van der Waals surface area contributed by atoms with E-state index in [1.807, 2.05) is 0 Å². The summed E-state index contributed by atoms with van der Waals surface area (Å²) < 4.78 is 0. The second kappa shape index (κ2) is 7.43. The lowest BCUT2D eigenvalue weighted by atomic mass is 10.0. The standard InChI is InChI=1S/C15H27N5/c1-4-6-13-14(16-5-2)17-11-18-15(13)19-12-7-9-20(3)10-8-12/h11-12H,4-10H2,1-3H3,(H2,16,17,18,19). The van der Waals surface area contributed by atoms with Crippen molar-refractivity contribution in [2.24, 2.45) is 0 Å². The van der Waals surface area contributed by atoms with Crippen molar-refractivity contribution < 1.29 is 0 Å². The van der Waals surface area contributed by atoms with Crippen molar-refractivity contribution in [2.75, 3.05) is 37.3 Å². The zero-order chi connectivity index (χ0) is 14.4. The summed E-state index contributed by atoms with van der Waals surface area (Å²) in [6.07, 6.45) is 6.14. The van der Waals surface area contributed by atoms with Crippen LogP contribution >= 0.6 is 0 Å². The zero-order valence-electron chi connectivity index (χ0n) is 12.9.